The van der Waals surface area contributed by atoms with Crippen molar-refractivity contribution < 1.29 is 9.53 Å². The molecule has 20 heavy (non-hydrogen) atoms. The number of aryl methyl sites for hydroxylation is 1. The summed E-state index contributed by atoms with van der Waals surface area (Å²) in [5.74, 6) is 0.0273. The fourth-order valence-electron chi connectivity index (χ4n) is 2.17. The van der Waals surface area contributed by atoms with Crippen LogP contribution in [0.5, 0.6) is 0 Å². The van der Waals surface area contributed by atoms with Gasteiger partial charge in [-0.1, -0.05) is 6.07 Å². The normalized spacial score (nSPS) is 16.1. The Kier molecular flexibility index (Phi) is 5.95. The van der Waals surface area contributed by atoms with Gasteiger partial charge in [0.25, 0.3) is 0 Å². The fourth-order valence-corrected chi connectivity index (χ4v) is 2.17. The molecule has 0 radical (unpaired) electrons. The number of rotatable bonds is 6. The number of nitrogens with zero attached hydrogens (tertiary/aromatic N) is 1. The van der Waals surface area contributed by atoms with E-state index in [0.29, 0.717) is 25.7 Å². The van der Waals surface area contributed by atoms with Crippen LogP contribution >= 0.6 is 0 Å². The summed E-state index contributed by atoms with van der Waals surface area (Å²) in [6.07, 6.45) is 4.60. The largest absolute Gasteiger partial charge is 0.378 e. The highest BCUT2D eigenvalue weighted by Crippen LogP contribution is 2.07. The third-order valence-electron chi connectivity index (χ3n) is 3.43. The second kappa shape index (κ2) is 7.97. The molecule has 5 heteroatoms. The summed E-state index contributed by atoms with van der Waals surface area (Å²) in [6.45, 7) is 5.00. The van der Waals surface area contributed by atoms with Crippen molar-refractivity contribution in [1.29, 1.82) is 0 Å². The summed E-state index contributed by atoms with van der Waals surface area (Å²) < 4.78 is 5.71. The Bertz CT molecular complexity index is 414. The monoisotopic (exact) mass is 277 g/mol. The molecule has 0 atom stereocenters. The molecular weight excluding hydrogens is 254 g/mol. The summed E-state index contributed by atoms with van der Waals surface area (Å²) in [7, 11) is 0. The van der Waals surface area contributed by atoms with Crippen LogP contribution < -0.4 is 10.6 Å². The molecule has 2 N–H and O–H groups in total. The molecule has 0 unspecified atom stereocenters. The van der Waals surface area contributed by atoms with Crippen LogP contribution in [0.4, 0.5) is 0 Å². The molecule has 1 saturated heterocycles. The number of amides is 1. The minimum absolute atomic E-state index is 0.0273. The molecule has 2 heterocycles. The smallest absolute Gasteiger partial charge is 0.222 e. The molecule has 1 amide bonds. The number of piperidine rings is 1. The average Bonchev–Trinajstić information content (AvgIpc) is 2.48. The third-order valence-corrected chi connectivity index (χ3v) is 3.43. The molecule has 0 saturated carbocycles. The van der Waals surface area contributed by atoms with Crippen molar-refractivity contribution in [2.75, 3.05) is 19.7 Å². The molecule has 1 aliphatic rings. The van der Waals surface area contributed by atoms with Crippen LogP contribution in [0.3, 0.4) is 0 Å². The zero-order chi connectivity index (χ0) is 14.2. The summed E-state index contributed by atoms with van der Waals surface area (Å²) in [4.78, 5) is 15.9. The average molecular weight is 277 g/mol. The van der Waals surface area contributed by atoms with Crippen molar-refractivity contribution >= 4 is 5.91 Å². The van der Waals surface area contributed by atoms with Crippen LogP contribution in [0.15, 0.2) is 18.3 Å². The SMILES string of the molecule is Cc1ccc(CNC(=O)CCOC2CCNCC2)cn1. The maximum Gasteiger partial charge on any atom is 0.222 e. The van der Waals surface area contributed by atoms with Crippen molar-refractivity contribution in [1.82, 2.24) is 15.6 Å². The fraction of sp³-hybridized carbons (Fsp3) is 0.600. The highest BCUT2D eigenvalue weighted by Gasteiger charge is 2.13. The first kappa shape index (κ1) is 14.9. The number of nitrogens with one attached hydrogen (secondary N) is 2. The molecule has 1 aliphatic heterocycles. The lowest BCUT2D eigenvalue weighted by Crippen LogP contribution is -2.33. The van der Waals surface area contributed by atoms with Gasteiger partial charge in [0.15, 0.2) is 0 Å². The Hall–Kier alpha value is -1.46. The second-order valence-corrected chi connectivity index (χ2v) is 5.15. The van der Waals surface area contributed by atoms with Gasteiger partial charge >= 0.3 is 0 Å². The first-order valence-electron chi connectivity index (χ1n) is 7.24. The quantitative estimate of drug-likeness (QED) is 0.819. The standard InChI is InChI=1S/C15H23N3O2/c1-12-2-3-13(10-17-12)11-18-15(19)6-9-20-14-4-7-16-8-5-14/h2-3,10,14,16H,4-9,11H2,1H3,(H,18,19). The summed E-state index contributed by atoms with van der Waals surface area (Å²) in [5.41, 5.74) is 2.00. The summed E-state index contributed by atoms with van der Waals surface area (Å²) in [5, 5.41) is 6.18. The molecule has 110 valence electrons. The van der Waals surface area contributed by atoms with Crippen LogP contribution in [0.2, 0.25) is 0 Å². The minimum atomic E-state index is 0.0273. The van der Waals surface area contributed by atoms with Gasteiger partial charge in [-0.05, 0) is 44.5 Å². The molecule has 0 aromatic carbocycles. The Morgan fingerprint density at radius 3 is 2.95 bits per heavy atom. The van der Waals surface area contributed by atoms with Gasteiger partial charge in [0.05, 0.1) is 12.7 Å². The predicted molar refractivity (Wildman–Crippen MR) is 77.3 cm³/mol. The number of aromatic nitrogens is 1. The van der Waals surface area contributed by atoms with Crippen LogP contribution in [0.25, 0.3) is 0 Å². The van der Waals surface area contributed by atoms with E-state index in [1.54, 1.807) is 6.20 Å². The second-order valence-electron chi connectivity index (χ2n) is 5.15. The number of hydrogen-bond acceptors (Lipinski definition) is 4. The van der Waals surface area contributed by atoms with Gasteiger partial charge in [-0.3, -0.25) is 9.78 Å². The molecule has 5 nitrogen and oxygen atoms in total. The predicted octanol–water partition coefficient (Wildman–Crippen LogP) is 1.16. The first-order chi connectivity index (χ1) is 9.74. The van der Waals surface area contributed by atoms with Gasteiger partial charge in [0.2, 0.25) is 5.91 Å². The number of carbonyl (C=O) groups excluding carboxylic acids is 1. The Labute approximate surface area is 120 Å². The molecular formula is C15H23N3O2. The molecule has 1 fully saturated rings. The van der Waals surface area contributed by atoms with Gasteiger partial charge in [-0.15, -0.1) is 0 Å². The molecule has 0 aliphatic carbocycles. The van der Waals surface area contributed by atoms with E-state index >= 15 is 0 Å². The molecule has 1 aromatic heterocycles. The van der Waals surface area contributed by atoms with Crippen LogP contribution in [-0.4, -0.2) is 36.7 Å². The highest BCUT2D eigenvalue weighted by molar-refractivity contribution is 5.75. The van der Waals surface area contributed by atoms with Gasteiger partial charge < -0.3 is 15.4 Å². The van der Waals surface area contributed by atoms with E-state index in [-0.39, 0.29) is 5.91 Å². The van der Waals surface area contributed by atoms with Crippen molar-refractivity contribution in [2.24, 2.45) is 0 Å². The van der Waals surface area contributed by atoms with E-state index in [9.17, 15) is 4.79 Å². The number of hydrogen-bond donors (Lipinski definition) is 2. The number of carbonyl (C=O) groups is 1. The Balaban J connectivity index is 1.59. The van der Waals surface area contributed by atoms with Gasteiger partial charge in [0.1, 0.15) is 0 Å². The van der Waals surface area contributed by atoms with E-state index in [2.05, 4.69) is 15.6 Å². The lowest BCUT2D eigenvalue weighted by Gasteiger charge is -2.22. The summed E-state index contributed by atoms with van der Waals surface area (Å²) in [6, 6.07) is 3.93. The van der Waals surface area contributed by atoms with E-state index in [1.807, 2.05) is 19.1 Å². The minimum Gasteiger partial charge on any atom is -0.378 e. The summed E-state index contributed by atoms with van der Waals surface area (Å²) >= 11 is 0. The van der Waals surface area contributed by atoms with Crippen molar-refractivity contribution in [3.8, 4) is 0 Å². The maximum absolute atomic E-state index is 11.7. The maximum atomic E-state index is 11.7. The molecule has 2 rings (SSSR count). The topological polar surface area (TPSA) is 63.2 Å². The number of pyridine rings is 1. The van der Waals surface area contributed by atoms with Crippen LogP contribution in [0, 0.1) is 6.92 Å². The lowest BCUT2D eigenvalue weighted by molar-refractivity contribution is -0.122. The van der Waals surface area contributed by atoms with Crippen molar-refractivity contribution in [3.05, 3.63) is 29.6 Å². The van der Waals surface area contributed by atoms with Gasteiger partial charge in [0, 0.05) is 24.9 Å². The van der Waals surface area contributed by atoms with Gasteiger partial charge in [-0.25, -0.2) is 0 Å². The third kappa shape index (κ3) is 5.27. The first-order valence-corrected chi connectivity index (χ1v) is 7.24. The van der Waals surface area contributed by atoms with E-state index in [4.69, 9.17) is 4.74 Å². The Morgan fingerprint density at radius 1 is 1.45 bits per heavy atom. The zero-order valence-electron chi connectivity index (χ0n) is 12.0. The van der Waals surface area contributed by atoms with Crippen molar-refractivity contribution in [3.63, 3.8) is 0 Å². The van der Waals surface area contributed by atoms with E-state index in [0.717, 1.165) is 37.2 Å². The van der Waals surface area contributed by atoms with E-state index < -0.39 is 0 Å². The van der Waals surface area contributed by atoms with Gasteiger partial charge in [-0.2, -0.15) is 0 Å². The Morgan fingerprint density at radius 2 is 2.25 bits per heavy atom. The highest BCUT2D eigenvalue weighted by atomic mass is 16.5. The molecule has 0 spiro atoms. The molecule has 0 bridgehead atoms. The van der Waals surface area contributed by atoms with Crippen molar-refractivity contribution in [2.45, 2.75) is 38.8 Å². The lowest BCUT2D eigenvalue weighted by atomic mass is 10.1. The van der Waals surface area contributed by atoms with Crippen LogP contribution in [-0.2, 0) is 16.1 Å². The van der Waals surface area contributed by atoms with Crippen LogP contribution in [0.1, 0.15) is 30.5 Å². The molecule has 1 aromatic rings. The zero-order valence-corrected chi connectivity index (χ0v) is 12.0. The number of ether oxygens (including phenoxy) is 1. The van der Waals surface area contributed by atoms with E-state index in [1.165, 1.54) is 0 Å².